The number of ether oxygens (including phenoxy) is 1. The Bertz CT molecular complexity index is 746. The monoisotopic (exact) mass is 365 g/mol. The molecular formula is C16H13BrFNO3. The number of amides is 1. The summed E-state index contributed by atoms with van der Waals surface area (Å²) in [5.41, 5.74) is 1.60. The summed E-state index contributed by atoms with van der Waals surface area (Å²) >= 11 is 3.03. The van der Waals surface area contributed by atoms with Gasteiger partial charge in [0.2, 0.25) is 0 Å². The molecule has 0 spiro atoms. The summed E-state index contributed by atoms with van der Waals surface area (Å²) < 4.78 is 18.5. The molecule has 0 unspecified atom stereocenters. The fourth-order valence-electron chi connectivity index (χ4n) is 1.93. The second kappa shape index (κ2) is 6.70. The first-order chi connectivity index (χ1) is 10.4. The normalized spacial score (nSPS) is 10.2. The van der Waals surface area contributed by atoms with Gasteiger partial charge in [-0.05, 0) is 58.7 Å². The average molecular weight is 366 g/mol. The molecule has 114 valence electrons. The van der Waals surface area contributed by atoms with E-state index in [-0.39, 0.29) is 10.0 Å². The minimum Gasteiger partial charge on any atom is -0.465 e. The largest absolute Gasteiger partial charge is 0.465 e. The highest BCUT2D eigenvalue weighted by molar-refractivity contribution is 9.10. The number of hydrogen-bond donors (Lipinski definition) is 1. The van der Waals surface area contributed by atoms with Crippen LogP contribution in [-0.2, 0) is 4.74 Å². The molecule has 1 N–H and O–H groups in total. The molecule has 1 amide bonds. The highest BCUT2D eigenvalue weighted by atomic mass is 79.9. The van der Waals surface area contributed by atoms with Gasteiger partial charge in [0.15, 0.2) is 0 Å². The number of carbonyl (C=O) groups is 2. The maximum Gasteiger partial charge on any atom is 0.338 e. The number of nitrogens with one attached hydrogen (secondary N) is 1. The smallest absolute Gasteiger partial charge is 0.338 e. The summed E-state index contributed by atoms with van der Waals surface area (Å²) in [6.45, 7) is 1.70. The van der Waals surface area contributed by atoms with Crippen molar-refractivity contribution in [3.8, 4) is 0 Å². The highest BCUT2D eigenvalue weighted by Crippen LogP contribution is 2.21. The van der Waals surface area contributed by atoms with Gasteiger partial charge >= 0.3 is 5.97 Å². The van der Waals surface area contributed by atoms with Gasteiger partial charge in [0.05, 0.1) is 17.1 Å². The Hall–Kier alpha value is -2.21. The van der Waals surface area contributed by atoms with E-state index < -0.39 is 17.7 Å². The molecule has 2 rings (SSSR count). The number of methoxy groups -OCH3 is 1. The number of halogens is 2. The van der Waals surface area contributed by atoms with E-state index in [1.165, 1.54) is 19.2 Å². The molecule has 0 atom stereocenters. The van der Waals surface area contributed by atoms with Crippen molar-refractivity contribution in [2.75, 3.05) is 12.4 Å². The molecule has 0 bridgehead atoms. The van der Waals surface area contributed by atoms with E-state index in [1.807, 2.05) is 0 Å². The molecule has 0 aliphatic carbocycles. The van der Waals surface area contributed by atoms with Gasteiger partial charge in [-0.15, -0.1) is 0 Å². The van der Waals surface area contributed by atoms with Gasteiger partial charge < -0.3 is 10.1 Å². The van der Waals surface area contributed by atoms with Crippen molar-refractivity contribution in [1.82, 2.24) is 0 Å². The number of esters is 1. The van der Waals surface area contributed by atoms with Crippen LogP contribution in [0.15, 0.2) is 40.9 Å². The van der Waals surface area contributed by atoms with Crippen LogP contribution in [0.1, 0.15) is 26.3 Å². The second-order valence-electron chi connectivity index (χ2n) is 4.55. The summed E-state index contributed by atoms with van der Waals surface area (Å²) in [5.74, 6) is -1.47. The second-order valence-corrected chi connectivity index (χ2v) is 5.41. The quantitative estimate of drug-likeness (QED) is 0.838. The van der Waals surface area contributed by atoms with E-state index in [9.17, 15) is 14.0 Å². The van der Waals surface area contributed by atoms with Gasteiger partial charge in [0.1, 0.15) is 5.82 Å². The minimum atomic E-state index is -0.521. The molecule has 0 aliphatic rings. The minimum absolute atomic E-state index is 0.184. The molecule has 4 nitrogen and oxygen atoms in total. The Labute approximate surface area is 135 Å². The number of anilines is 1. The van der Waals surface area contributed by atoms with Crippen molar-refractivity contribution in [3.63, 3.8) is 0 Å². The van der Waals surface area contributed by atoms with Crippen LogP contribution in [0.25, 0.3) is 0 Å². The van der Waals surface area contributed by atoms with Crippen LogP contribution < -0.4 is 5.32 Å². The third-order valence-electron chi connectivity index (χ3n) is 3.17. The number of benzene rings is 2. The van der Waals surface area contributed by atoms with Crippen molar-refractivity contribution in [3.05, 3.63) is 63.4 Å². The number of hydrogen-bond acceptors (Lipinski definition) is 3. The molecule has 0 aliphatic heterocycles. The molecule has 0 saturated heterocycles. The van der Waals surface area contributed by atoms with Crippen molar-refractivity contribution >= 4 is 33.5 Å². The first-order valence-corrected chi connectivity index (χ1v) is 7.17. The first kappa shape index (κ1) is 16.2. The van der Waals surface area contributed by atoms with Gasteiger partial charge in [-0.2, -0.15) is 0 Å². The van der Waals surface area contributed by atoms with E-state index in [4.69, 9.17) is 0 Å². The van der Waals surface area contributed by atoms with Crippen LogP contribution in [0.4, 0.5) is 10.1 Å². The summed E-state index contributed by atoms with van der Waals surface area (Å²) in [5, 5.41) is 2.66. The molecule has 2 aromatic carbocycles. The Balaban J connectivity index is 2.28. The van der Waals surface area contributed by atoms with Crippen LogP contribution in [0.3, 0.4) is 0 Å². The maximum atomic E-state index is 13.5. The standard InChI is InChI=1S/C16H13BrFNO3/c1-9-11(16(21)22-2)4-3-5-14(9)19-15(20)10-6-7-12(17)13(18)8-10/h3-8H,1-2H3,(H,19,20). The number of rotatable bonds is 3. The molecular weight excluding hydrogens is 353 g/mol. The third kappa shape index (κ3) is 3.33. The Morgan fingerprint density at radius 3 is 2.59 bits per heavy atom. The van der Waals surface area contributed by atoms with Crippen LogP contribution >= 0.6 is 15.9 Å². The number of carbonyl (C=O) groups excluding carboxylic acids is 2. The zero-order chi connectivity index (χ0) is 16.3. The fourth-order valence-corrected chi connectivity index (χ4v) is 2.18. The van der Waals surface area contributed by atoms with E-state index in [0.717, 1.165) is 6.07 Å². The molecule has 0 heterocycles. The third-order valence-corrected chi connectivity index (χ3v) is 3.81. The lowest BCUT2D eigenvalue weighted by Crippen LogP contribution is -2.14. The predicted octanol–water partition coefficient (Wildman–Crippen LogP) is 3.94. The summed E-state index contributed by atoms with van der Waals surface area (Å²) in [7, 11) is 1.29. The van der Waals surface area contributed by atoms with Crippen molar-refractivity contribution in [2.45, 2.75) is 6.92 Å². The van der Waals surface area contributed by atoms with Crippen LogP contribution in [0, 0.1) is 12.7 Å². The van der Waals surface area contributed by atoms with Crippen molar-refractivity contribution < 1.29 is 18.7 Å². The molecule has 0 saturated carbocycles. The summed E-state index contributed by atoms with van der Waals surface area (Å²) in [4.78, 5) is 23.8. The lowest BCUT2D eigenvalue weighted by molar-refractivity contribution is 0.0599. The SMILES string of the molecule is COC(=O)c1cccc(NC(=O)c2ccc(Br)c(F)c2)c1C. The maximum absolute atomic E-state index is 13.5. The topological polar surface area (TPSA) is 55.4 Å². The van der Waals surface area contributed by atoms with Gasteiger partial charge in [0, 0.05) is 11.3 Å². The molecule has 22 heavy (non-hydrogen) atoms. The molecule has 2 aromatic rings. The highest BCUT2D eigenvalue weighted by Gasteiger charge is 2.14. The van der Waals surface area contributed by atoms with Crippen molar-refractivity contribution in [1.29, 1.82) is 0 Å². The zero-order valence-corrected chi connectivity index (χ0v) is 13.5. The van der Waals surface area contributed by atoms with E-state index in [2.05, 4.69) is 26.0 Å². The van der Waals surface area contributed by atoms with Gasteiger partial charge in [-0.25, -0.2) is 9.18 Å². The lowest BCUT2D eigenvalue weighted by atomic mass is 10.1. The van der Waals surface area contributed by atoms with Gasteiger partial charge in [0.25, 0.3) is 5.91 Å². The summed E-state index contributed by atoms with van der Waals surface area (Å²) in [6, 6.07) is 9.00. The first-order valence-electron chi connectivity index (χ1n) is 6.38. The summed E-state index contributed by atoms with van der Waals surface area (Å²) in [6.07, 6.45) is 0. The zero-order valence-electron chi connectivity index (χ0n) is 11.9. The molecule has 0 aromatic heterocycles. The predicted molar refractivity (Wildman–Crippen MR) is 84.6 cm³/mol. The Morgan fingerprint density at radius 1 is 1.23 bits per heavy atom. The van der Waals surface area contributed by atoms with Crippen molar-refractivity contribution in [2.24, 2.45) is 0 Å². The molecule has 6 heteroatoms. The van der Waals surface area contributed by atoms with E-state index in [1.54, 1.807) is 25.1 Å². The van der Waals surface area contributed by atoms with Gasteiger partial charge in [-0.3, -0.25) is 4.79 Å². The average Bonchev–Trinajstić information content (AvgIpc) is 2.51. The Kier molecular flexibility index (Phi) is 4.92. The van der Waals surface area contributed by atoms with Crippen LogP contribution in [0.2, 0.25) is 0 Å². The van der Waals surface area contributed by atoms with Gasteiger partial charge in [-0.1, -0.05) is 6.07 Å². The van der Waals surface area contributed by atoms with Crippen LogP contribution in [0.5, 0.6) is 0 Å². The molecule has 0 fully saturated rings. The van der Waals surface area contributed by atoms with E-state index >= 15 is 0 Å². The molecule has 0 radical (unpaired) electrons. The Morgan fingerprint density at radius 2 is 1.95 bits per heavy atom. The lowest BCUT2D eigenvalue weighted by Gasteiger charge is -2.11. The van der Waals surface area contributed by atoms with E-state index in [0.29, 0.717) is 16.8 Å². The van der Waals surface area contributed by atoms with Crippen LogP contribution in [-0.4, -0.2) is 19.0 Å². The fraction of sp³-hybridized carbons (Fsp3) is 0.125.